The van der Waals surface area contributed by atoms with Gasteiger partial charge in [0.05, 0.1) is 0 Å². The maximum absolute atomic E-state index is 10.9. The lowest BCUT2D eigenvalue weighted by Gasteiger charge is -2.25. The van der Waals surface area contributed by atoms with E-state index in [1.165, 1.54) is 0 Å². The van der Waals surface area contributed by atoms with E-state index in [0.717, 1.165) is 18.3 Å². The van der Waals surface area contributed by atoms with Crippen LogP contribution in [0, 0.1) is 0 Å². The Kier molecular flexibility index (Phi) is 2.94. The largest absolute Gasteiger partial charge is 0.399 e. The van der Waals surface area contributed by atoms with Crippen LogP contribution in [0.2, 0.25) is 0 Å². The van der Waals surface area contributed by atoms with Crippen molar-refractivity contribution in [2.24, 2.45) is 0 Å². The quantitative estimate of drug-likeness (QED) is 0.589. The van der Waals surface area contributed by atoms with E-state index in [1.54, 1.807) is 6.07 Å². The molecule has 0 saturated carbocycles. The first-order chi connectivity index (χ1) is 6.51. The van der Waals surface area contributed by atoms with Crippen molar-refractivity contribution in [3.8, 4) is 0 Å². The van der Waals surface area contributed by atoms with Gasteiger partial charge in [0.25, 0.3) is 0 Å². The van der Waals surface area contributed by atoms with Crippen molar-refractivity contribution < 1.29 is 4.79 Å². The second-order valence-electron chi connectivity index (χ2n) is 4.20. The minimum absolute atomic E-state index is 0.0317. The highest BCUT2D eigenvalue weighted by atomic mass is 16.1. The van der Waals surface area contributed by atoms with E-state index >= 15 is 0 Å². The molecule has 76 valence electrons. The van der Waals surface area contributed by atoms with Crippen LogP contribution in [0.3, 0.4) is 0 Å². The molecule has 0 amide bonds. The molecule has 0 spiro atoms. The van der Waals surface area contributed by atoms with Crippen LogP contribution in [0.1, 0.15) is 43.1 Å². The van der Waals surface area contributed by atoms with Crippen LogP contribution in [-0.2, 0) is 5.41 Å². The van der Waals surface area contributed by atoms with Gasteiger partial charge in [0.2, 0.25) is 0 Å². The van der Waals surface area contributed by atoms with E-state index in [2.05, 4.69) is 20.8 Å². The van der Waals surface area contributed by atoms with Crippen LogP contribution in [0.25, 0.3) is 0 Å². The SMILES string of the molecule is CCC(C)(C)c1ccc(N)cc1C=O. The Morgan fingerprint density at radius 2 is 2.07 bits per heavy atom. The molecule has 0 radical (unpaired) electrons. The van der Waals surface area contributed by atoms with E-state index in [0.29, 0.717) is 11.3 Å². The average Bonchev–Trinajstić information content (AvgIpc) is 2.17. The summed E-state index contributed by atoms with van der Waals surface area (Å²) in [4.78, 5) is 10.9. The standard InChI is InChI=1S/C12H17NO/c1-4-12(2,3)11-6-5-10(13)7-9(11)8-14/h5-8H,4,13H2,1-3H3. The highest BCUT2D eigenvalue weighted by Gasteiger charge is 2.21. The van der Waals surface area contributed by atoms with Gasteiger partial charge in [-0.1, -0.05) is 26.8 Å². The Balaban J connectivity index is 3.27. The summed E-state index contributed by atoms with van der Waals surface area (Å²) in [5.41, 5.74) is 8.08. The fourth-order valence-electron chi connectivity index (χ4n) is 1.49. The molecule has 2 N–H and O–H groups in total. The van der Waals surface area contributed by atoms with Crippen molar-refractivity contribution in [3.63, 3.8) is 0 Å². The number of benzene rings is 1. The Labute approximate surface area is 85.1 Å². The molecule has 1 aromatic rings. The molecule has 0 aliphatic carbocycles. The smallest absolute Gasteiger partial charge is 0.150 e. The molecule has 0 aliphatic heterocycles. The zero-order valence-electron chi connectivity index (χ0n) is 9.00. The van der Waals surface area contributed by atoms with Gasteiger partial charge in [-0.3, -0.25) is 4.79 Å². The summed E-state index contributed by atoms with van der Waals surface area (Å²) in [7, 11) is 0. The summed E-state index contributed by atoms with van der Waals surface area (Å²) in [5.74, 6) is 0. The third-order valence-corrected chi connectivity index (χ3v) is 2.82. The molecule has 0 atom stereocenters. The fourth-order valence-corrected chi connectivity index (χ4v) is 1.49. The first-order valence-electron chi connectivity index (χ1n) is 4.86. The monoisotopic (exact) mass is 191 g/mol. The lowest BCUT2D eigenvalue weighted by Crippen LogP contribution is -2.18. The third kappa shape index (κ3) is 1.95. The number of carbonyl (C=O) groups excluding carboxylic acids is 1. The maximum atomic E-state index is 10.9. The molecule has 0 fully saturated rings. The summed E-state index contributed by atoms with van der Waals surface area (Å²) in [6.07, 6.45) is 1.88. The van der Waals surface area contributed by atoms with Crippen LogP contribution in [-0.4, -0.2) is 6.29 Å². The molecule has 2 heteroatoms. The predicted octanol–water partition coefficient (Wildman–Crippen LogP) is 2.77. The molecule has 2 nitrogen and oxygen atoms in total. The summed E-state index contributed by atoms with van der Waals surface area (Å²) in [6, 6.07) is 5.53. The summed E-state index contributed by atoms with van der Waals surface area (Å²) in [5, 5.41) is 0. The van der Waals surface area contributed by atoms with Crippen LogP contribution in [0.15, 0.2) is 18.2 Å². The zero-order chi connectivity index (χ0) is 10.8. The van der Waals surface area contributed by atoms with Crippen molar-refractivity contribution in [3.05, 3.63) is 29.3 Å². The Morgan fingerprint density at radius 3 is 2.57 bits per heavy atom. The highest BCUT2D eigenvalue weighted by Crippen LogP contribution is 2.29. The summed E-state index contributed by atoms with van der Waals surface area (Å²) >= 11 is 0. The van der Waals surface area contributed by atoms with Crippen LogP contribution in [0.4, 0.5) is 5.69 Å². The normalized spacial score (nSPS) is 11.4. The molecule has 1 rings (SSSR count). The van der Waals surface area contributed by atoms with Gasteiger partial charge in [-0.2, -0.15) is 0 Å². The molecular formula is C12H17NO. The molecule has 14 heavy (non-hydrogen) atoms. The number of hydrogen-bond acceptors (Lipinski definition) is 2. The van der Waals surface area contributed by atoms with Gasteiger partial charge in [-0.25, -0.2) is 0 Å². The molecule has 0 saturated heterocycles. The number of nitrogens with two attached hydrogens (primary N) is 1. The molecule has 0 unspecified atom stereocenters. The highest BCUT2D eigenvalue weighted by molar-refractivity contribution is 5.80. The molecule has 0 aliphatic rings. The van der Waals surface area contributed by atoms with Gasteiger partial charge in [-0.05, 0) is 29.5 Å². The second kappa shape index (κ2) is 3.82. The zero-order valence-corrected chi connectivity index (χ0v) is 9.00. The van der Waals surface area contributed by atoms with Crippen molar-refractivity contribution >= 4 is 12.0 Å². The summed E-state index contributed by atoms with van der Waals surface area (Å²) in [6.45, 7) is 6.38. The van der Waals surface area contributed by atoms with E-state index < -0.39 is 0 Å². The average molecular weight is 191 g/mol. The molecule has 0 bridgehead atoms. The Hall–Kier alpha value is -1.31. The fraction of sp³-hybridized carbons (Fsp3) is 0.417. The van der Waals surface area contributed by atoms with Gasteiger partial charge in [0.1, 0.15) is 6.29 Å². The van der Waals surface area contributed by atoms with Gasteiger partial charge in [0.15, 0.2) is 0 Å². The van der Waals surface area contributed by atoms with E-state index in [9.17, 15) is 4.79 Å². The Bertz CT molecular complexity index is 342. The van der Waals surface area contributed by atoms with Gasteiger partial charge >= 0.3 is 0 Å². The lowest BCUT2D eigenvalue weighted by molar-refractivity contribution is 0.112. The van der Waals surface area contributed by atoms with Gasteiger partial charge in [-0.15, -0.1) is 0 Å². The van der Waals surface area contributed by atoms with E-state index in [-0.39, 0.29) is 5.41 Å². The van der Waals surface area contributed by atoms with Gasteiger partial charge in [0, 0.05) is 11.3 Å². The Morgan fingerprint density at radius 1 is 1.43 bits per heavy atom. The van der Waals surface area contributed by atoms with Crippen LogP contribution in [0.5, 0.6) is 0 Å². The minimum Gasteiger partial charge on any atom is -0.399 e. The van der Waals surface area contributed by atoms with E-state index in [4.69, 9.17) is 5.73 Å². The topological polar surface area (TPSA) is 43.1 Å². The molecule has 0 heterocycles. The van der Waals surface area contributed by atoms with Crippen LogP contribution >= 0.6 is 0 Å². The minimum atomic E-state index is 0.0317. The number of anilines is 1. The molecule has 1 aromatic carbocycles. The maximum Gasteiger partial charge on any atom is 0.150 e. The molecule has 0 aromatic heterocycles. The van der Waals surface area contributed by atoms with Gasteiger partial charge < -0.3 is 5.73 Å². The third-order valence-electron chi connectivity index (χ3n) is 2.82. The van der Waals surface area contributed by atoms with Crippen molar-refractivity contribution in [2.75, 3.05) is 5.73 Å². The number of carbonyl (C=O) groups is 1. The second-order valence-corrected chi connectivity index (χ2v) is 4.20. The summed E-state index contributed by atoms with van der Waals surface area (Å²) < 4.78 is 0. The predicted molar refractivity (Wildman–Crippen MR) is 59.6 cm³/mol. The first-order valence-corrected chi connectivity index (χ1v) is 4.86. The number of hydrogen-bond donors (Lipinski definition) is 1. The first kappa shape index (κ1) is 10.8. The lowest BCUT2D eigenvalue weighted by atomic mass is 9.80. The van der Waals surface area contributed by atoms with Crippen molar-refractivity contribution in [1.29, 1.82) is 0 Å². The number of nitrogen functional groups attached to an aromatic ring is 1. The number of rotatable bonds is 3. The molecular weight excluding hydrogens is 174 g/mol. The van der Waals surface area contributed by atoms with Crippen molar-refractivity contribution in [2.45, 2.75) is 32.6 Å². The number of aldehydes is 1. The van der Waals surface area contributed by atoms with E-state index in [1.807, 2.05) is 12.1 Å². The van der Waals surface area contributed by atoms with Crippen molar-refractivity contribution in [1.82, 2.24) is 0 Å². The van der Waals surface area contributed by atoms with Crippen LogP contribution < -0.4 is 5.73 Å².